The second-order valence-electron chi connectivity index (χ2n) is 4.80. The van der Waals surface area contributed by atoms with Crippen LogP contribution >= 0.6 is 0 Å². The molecule has 0 radical (unpaired) electrons. The molecule has 6 heteroatoms. The Morgan fingerprint density at radius 2 is 2.15 bits per heavy atom. The van der Waals surface area contributed by atoms with Crippen LogP contribution in [0, 0.1) is 0 Å². The number of ether oxygens (including phenoxy) is 2. The summed E-state index contributed by atoms with van der Waals surface area (Å²) in [4.78, 5) is 25.2. The predicted molar refractivity (Wildman–Crippen MR) is 70.2 cm³/mol. The van der Waals surface area contributed by atoms with Gasteiger partial charge >= 0.3 is 5.97 Å². The molecule has 2 aliphatic heterocycles. The van der Waals surface area contributed by atoms with E-state index in [2.05, 4.69) is 0 Å². The number of hydrogen-bond donors (Lipinski definition) is 1. The lowest BCUT2D eigenvalue weighted by Crippen LogP contribution is -2.43. The van der Waals surface area contributed by atoms with E-state index in [1.54, 1.807) is 17.0 Å². The number of anilines is 1. The van der Waals surface area contributed by atoms with Gasteiger partial charge in [-0.2, -0.15) is 0 Å². The molecule has 6 nitrogen and oxygen atoms in total. The molecule has 3 rings (SSSR count). The maximum absolute atomic E-state index is 12.4. The van der Waals surface area contributed by atoms with Crippen LogP contribution in [0.1, 0.15) is 23.2 Å². The van der Waals surface area contributed by atoms with Crippen molar-refractivity contribution in [3.63, 3.8) is 0 Å². The van der Waals surface area contributed by atoms with Gasteiger partial charge in [0.1, 0.15) is 18.3 Å². The Morgan fingerprint density at radius 3 is 2.85 bits per heavy atom. The van der Waals surface area contributed by atoms with E-state index >= 15 is 0 Å². The summed E-state index contributed by atoms with van der Waals surface area (Å²) in [5, 5.41) is 9.17. The summed E-state index contributed by atoms with van der Waals surface area (Å²) in [6.45, 7) is 1.30. The monoisotopic (exact) mass is 277 g/mol. The molecule has 1 saturated heterocycles. The first-order valence-electron chi connectivity index (χ1n) is 6.60. The number of carbonyl (C=O) groups is 2. The van der Waals surface area contributed by atoms with Crippen LogP contribution in [0.2, 0.25) is 0 Å². The number of carboxylic acid groups (broad SMARTS) is 1. The molecule has 106 valence electrons. The molecule has 1 fully saturated rings. The normalized spacial score (nSPS) is 21.2. The molecule has 20 heavy (non-hydrogen) atoms. The van der Waals surface area contributed by atoms with Crippen molar-refractivity contribution < 1.29 is 24.2 Å². The van der Waals surface area contributed by atoms with Gasteiger partial charge in [0.15, 0.2) is 5.75 Å². The second kappa shape index (κ2) is 5.13. The lowest BCUT2D eigenvalue weighted by molar-refractivity contribution is -0.127. The molecule has 1 amide bonds. The first-order valence-corrected chi connectivity index (χ1v) is 6.60. The maximum Gasteiger partial charge on any atom is 0.339 e. The number of carbonyl (C=O) groups excluding carboxylic acids is 1. The van der Waals surface area contributed by atoms with E-state index in [1.807, 2.05) is 0 Å². The molecular weight excluding hydrogens is 262 g/mol. The number of rotatable bonds is 2. The molecule has 0 unspecified atom stereocenters. The van der Waals surface area contributed by atoms with Gasteiger partial charge in [-0.3, -0.25) is 4.79 Å². The van der Waals surface area contributed by atoms with Gasteiger partial charge in [0, 0.05) is 6.61 Å². The zero-order valence-corrected chi connectivity index (χ0v) is 10.9. The largest absolute Gasteiger partial charge is 0.489 e. The molecule has 1 aromatic rings. The van der Waals surface area contributed by atoms with E-state index in [4.69, 9.17) is 14.6 Å². The van der Waals surface area contributed by atoms with Crippen molar-refractivity contribution in [1.82, 2.24) is 0 Å². The zero-order valence-electron chi connectivity index (χ0n) is 10.9. The van der Waals surface area contributed by atoms with Gasteiger partial charge in [0.05, 0.1) is 12.2 Å². The van der Waals surface area contributed by atoms with E-state index in [0.717, 1.165) is 6.42 Å². The number of aromatic carboxylic acids is 1. The summed E-state index contributed by atoms with van der Waals surface area (Å²) in [5.41, 5.74) is 0.587. The molecule has 1 atom stereocenters. The third-order valence-electron chi connectivity index (χ3n) is 3.55. The summed E-state index contributed by atoms with van der Waals surface area (Å²) in [6, 6.07) is 4.79. The number of fused-ring (bicyclic) bond motifs is 1. The number of amides is 1. The lowest BCUT2D eigenvalue weighted by atomic mass is 10.1. The smallest absolute Gasteiger partial charge is 0.339 e. The molecule has 0 aromatic heterocycles. The maximum atomic E-state index is 12.4. The standard InChI is InChI=1S/C14H15NO5/c16-13(11-5-2-7-19-11)15-6-8-20-12-9(14(17)18)3-1-4-10(12)15/h1,3-4,11H,2,5-8H2,(H,17,18)/t11-/m0/s1. The third kappa shape index (κ3) is 2.12. The molecule has 2 heterocycles. The molecule has 1 N–H and O–H groups in total. The fourth-order valence-electron chi connectivity index (χ4n) is 2.59. The Bertz CT molecular complexity index is 550. The van der Waals surface area contributed by atoms with Gasteiger partial charge < -0.3 is 19.5 Å². The second-order valence-corrected chi connectivity index (χ2v) is 4.80. The van der Waals surface area contributed by atoms with Crippen molar-refractivity contribution >= 4 is 17.6 Å². The van der Waals surface area contributed by atoms with Crippen molar-refractivity contribution in [2.45, 2.75) is 18.9 Å². The van der Waals surface area contributed by atoms with Crippen LogP contribution in [-0.4, -0.2) is 42.8 Å². The van der Waals surface area contributed by atoms with E-state index in [9.17, 15) is 9.59 Å². The summed E-state index contributed by atoms with van der Waals surface area (Å²) >= 11 is 0. The van der Waals surface area contributed by atoms with Crippen LogP contribution in [0.15, 0.2) is 18.2 Å². The summed E-state index contributed by atoms with van der Waals surface area (Å²) in [5.74, 6) is -0.916. The molecule has 0 aliphatic carbocycles. The number of nitrogens with zero attached hydrogens (tertiary/aromatic N) is 1. The summed E-state index contributed by atoms with van der Waals surface area (Å²) in [6.07, 6.45) is 1.17. The first kappa shape index (κ1) is 12.9. The minimum atomic E-state index is -1.06. The van der Waals surface area contributed by atoms with Crippen LogP contribution in [0.25, 0.3) is 0 Å². The molecule has 2 aliphatic rings. The van der Waals surface area contributed by atoms with E-state index in [1.165, 1.54) is 6.07 Å². The van der Waals surface area contributed by atoms with Crippen molar-refractivity contribution in [3.05, 3.63) is 23.8 Å². The summed E-state index contributed by atoms with van der Waals surface area (Å²) in [7, 11) is 0. The topological polar surface area (TPSA) is 76.1 Å². The van der Waals surface area contributed by atoms with Crippen LogP contribution in [0.4, 0.5) is 5.69 Å². The Kier molecular flexibility index (Phi) is 3.31. The van der Waals surface area contributed by atoms with Gasteiger partial charge in [-0.05, 0) is 25.0 Å². The Labute approximate surface area is 115 Å². The molecule has 0 spiro atoms. The zero-order chi connectivity index (χ0) is 14.1. The van der Waals surface area contributed by atoms with Gasteiger partial charge in [-0.25, -0.2) is 4.79 Å². The van der Waals surface area contributed by atoms with Crippen molar-refractivity contribution in [2.75, 3.05) is 24.7 Å². The minimum Gasteiger partial charge on any atom is -0.489 e. The number of hydrogen-bond acceptors (Lipinski definition) is 4. The fourth-order valence-corrected chi connectivity index (χ4v) is 2.59. The van der Waals surface area contributed by atoms with Crippen LogP contribution in [-0.2, 0) is 9.53 Å². The van der Waals surface area contributed by atoms with Gasteiger partial charge in [0.2, 0.25) is 0 Å². The lowest BCUT2D eigenvalue weighted by Gasteiger charge is -2.31. The molecule has 0 saturated carbocycles. The molecule has 0 bridgehead atoms. The van der Waals surface area contributed by atoms with Crippen LogP contribution < -0.4 is 9.64 Å². The van der Waals surface area contributed by atoms with Crippen molar-refractivity contribution in [3.8, 4) is 5.75 Å². The van der Waals surface area contributed by atoms with Crippen molar-refractivity contribution in [1.29, 1.82) is 0 Å². The van der Waals surface area contributed by atoms with Gasteiger partial charge in [0.25, 0.3) is 5.91 Å². The Hall–Kier alpha value is -2.08. The Morgan fingerprint density at radius 1 is 1.30 bits per heavy atom. The average Bonchev–Trinajstić information content (AvgIpc) is 2.99. The molecule has 1 aromatic carbocycles. The number of para-hydroxylation sites is 1. The van der Waals surface area contributed by atoms with E-state index in [-0.39, 0.29) is 23.8 Å². The average molecular weight is 277 g/mol. The van der Waals surface area contributed by atoms with E-state index < -0.39 is 12.1 Å². The minimum absolute atomic E-state index is 0.0762. The predicted octanol–water partition coefficient (Wildman–Crippen LogP) is 1.29. The number of benzene rings is 1. The summed E-state index contributed by atoms with van der Waals surface area (Å²) < 4.78 is 10.9. The van der Waals surface area contributed by atoms with Crippen LogP contribution in [0.3, 0.4) is 0 Å². The Balaban J connectivity index is 1.95. The fraction of sp³-hybridized carbons (Fsp3) is 0.429. The van der Waals surface area contributed by atoms with E-state index in [0.29, 0.717) is 25.3 Å². The SMILES string of the molecule is O=C(O)c1cccc2c1OCCN2C(=O)[C@@H]1CCCO1. The third-order valence-corrected chi connectivity index (χ3v) is 3.55. The highest BCUT2D eigenvalue weighted by molar-refractivity contribution is 6.01. The highest BCUT2D eigenvalue weighted by Crippen LogP contribution is 2.36. The van der Waals surface area contributed by atoms with Gasteiger partial charge in [-0.1, -0.05) is 6.07 Å². The highest BCUT2D eigenvalue weighted by Gasteiger charge is 2.33. The van der Waals surface area contributed by atoms with Crippen molar-refractivity contribution in [2.24, 2.45) is 0 Å². The van der Waals surface area contributed by atoms with Crippen LogP contribution in [0.5, 0.6) is 5.75 Å². The first-order chi connectivity index (χ1) is 9.68. The quantitative estimate of drug-likeness (QED) is 0.881. The highest BCUT2D eigenvalue weighted by atomic mass is 16.5. The van der Waals surface area contributed by atoms with Gasteiger partial charge in [-0.15, -0.1) is 0 Å². The number of carboxylic acids is 1. The molecular formula is C14H15NO5.